The van der Waals surface area contributed by atoms with Crippen LogP contribution < -0.4 is 20.7 Å². The van der Waals surface area contributed by atoms with Crippen molar-refractivity contribution in [2.45, 2.75) is 120 Å². The number of carbonyl (C=O) groups is 3. The quantitative estimate of drug-likeness (QED) is 0.184. The van der Waals surface area contributed by atoms with Gasteiger partial charge >= 0.3 is 6.18 Å². The van der Waals surface area contributed by atoms with Crippen molar-refractivity contribution < 1.29 is 36.7 Å². The van der Waals surface area contributed by atoms with E-state index < -0.39 is 53.1 Å². The highest BCUT2D eigenvalue weighted by molar-refractivity contribution is 5.98. The van der Waals surface area contributed by atoms with Crippen molar-refractivity contribution in [2.75, 3.05) is 11.9 Å². The zero-order valence-corrected chi connectivity index (χ0v) is 30.1. The van der Waals surface area contributed by atoms with E-state index in [-0.39, 0.29) is 48.5 Å². The summed E-state index contributed by atoms with van der Waals surface area (Å²) in [5.74, 6) is -2.90. The molecule has 284 valence electrons. The van der Waals surface area contributed by atoms with Crippen molar-refractivity contribution in [1.29, 1.82) is 0 Å². The lowest BCUT2D eigenvalue weighted by atomic mass is 10.0. The first kappa shape index (κ1) is 36.7. The van der Waals surface area contributed by atoms with Gasteiger partial charge in [-0.25, -0.2) is 4.39 Å². The van der Waals surface area contributed by atoms with E-state index in [4.69, 9.17) is 9.72 Å². The SMILES string of the molecule is CC(C)n1c(O[C@@H]2C[C@H]3C(=O)N[C@]4(C(=O)NC5(C)CC5)C[C@H]4/C=C\CCCCC[C@H](Nc4ccc(F)c(C(F)(F)F)c4)C(=O)N3C2)nc2ccccc21. The van der Waals surface area contributed by atoms with Gasteiger partial charge in [-0.2, -0.15) is 18.2 Å². The molecule has 0 radical (unpaired) electrons. The lowest BCUT2D eigenvalue weighted by Crippen LogP contribution is -2.58. The fourth-order valence-corrected chi connectivity index (χ4v) is 7.65. The van der Waals surface area contributed by atoms with E-state index >= 15 is 0 Å². The number of nitrogens with one attached hydrogen (secondary N) is 3. The van der Waals surface area contributed by atoms with Crippen LogP contribution >= 0.6 is 0 Å². The molecule has 2 aromatic carbocycles. The number of rotatable bonds is 7. The molecule has 10 nitrogen and oxygen atoms in total. The Morgan fingerprint density at radius 1 is 1.09 bits per heavy atom. The second-order valence-electron chi connectivity index (χ2n) is 15.6. The highest BCUT2D eigenvalue weighted by atomic mass is 19.4. The van der Waals surface area contributed by atoms with Crippen LogP contribution in [-0.2, 0) is 20.6 Å². The first-order chi connectivity index (χ1) is 25.2. The molecule has 3 aromatic rings. The number of carbonyl (C=O) groups excluding carboxylic acids is 3. The van der Waals surface area contributed by atoms with Crippen LogP contribution in [0.4, 0.5) is 23.2 Å². The Morgan fingerprint density at radius 3 is 2.60 bits per heavy atom. The van der Waals surface area contributed by atoms with Crippen molar-refractivity contribution in [1.82, 2.24) is 25.1 Å². The van der Waals surface area contributed by atoms with Crippen LogP contribution in [0.2, 0.25) is 0 Å². The van der Waals surface area contributed by atoms with Gasteiger partial charge in [-0.05, 0) is 89.6 Å². The molecule has 0 unspecified atom stereocenters. The smallest absolute Gasteiger partial charge is 0.419 e. The number of nitrogens with zero attached hydrogens (tertiary/aromatic N) is 3. The number of para-hydroxylation sites is 2. The molecule has 2 saturated carbocycles. The topological polar surface area (TPSA) is 118 Å². The Hall–Kier alpha value is -4.62. The van der Waals surface area contributed by atoms with Crippen LogP contribution in [-0.4, -0.2) is 68.0 Å². The molecule has 14 heteroatoms. The van der Waals surface area contributed by atoms with Gasteiger partial charge in [0.1, 0.15) is 29.5 Å². The summed E-state index contributed by atoms with van der Waals surface area (Å²) in [4.78, 5) is 48.9. The van der Waals surface area contributed by atoms with Gasteiger partial charge < -0.3 is 25.6 Å². The van der Waals surface area contributed by atoms with Crippen LogP contribution in [0.5, 0.6) is 6.01 Å². The maximum Gasteiger partial charge on any atom is 0.419 e. The number of allylic oxidation sites excluding steroid dienone is 1. The molecule has 2 aliphatic heterocycles. The summed E-state index contributed by atoms with van der Waals surface area (Å²) in [7, 11) is 0. The molecular weight excluding hydrogens is 692 g/mol. The summed E-state index contributed by atoms with van der Waals surface area (Å²) in [6.45, 7) is 5.96. The number of halogens is 4. The standard InChI is InChI=1S/C39H46F4N6O4/c1-23(2)49-31-14-10-9-12-29(31)45-36(49)53-26-20-32-33(50)46-38(35(52)47-37(3)17-18-37)21-24(38)11-7-5-4-6-8-13-30(34(51)48(32)22-26)44-25-15-16-28(40)27(19-25)39(41,42)43/h7,9-12,14-16,19,23-24,26,30,32,44H,4-6,8,13,17-18,20-22H2,1-3H3,(H,46,50)(H,47,52)/b11-7-/t24-,26-,30+,32+,38-/m1/s1. The number of imidazole rings is 1. The molecule has 3 N–H and O–H groups in total. The van der Waals surface area contributed by atoms with E-state index in [0.29, 0.717) is 24.9 Å². The number of ether oxygens (including phenoxy) is 1. The summed E-state index contributed by atoms with van der Waals surface area (Å²) < 4.78 is 63.6. The van der Waals surface area contributed by atoms with E-state index in [0.717, 1.165) is 49.2 Å². The molecule has 7 rings (SSSR count). The molecule has 1 saturated heterocycles. The molecule has 4 aliphatic rings. The molecule has 2 aliphatic carbocycles. The molecule has 0 bridgehead atoms. The van der Waals surface area contributed by atoms with Crippen LogP contribution in [0, 0.1) is 11.7 Å². The highest BCUT2D eigenvalue weighted by Gasteiger charge is 2.62. The van der Waals surface area contributed by atoms with Crippen LogP contribution in [0.1, 0.15) is 90.2 Å². The maximum atomic E-state index is 14.6. The molecule has 0 spiro atoms. The van der Waals surface area contributed by atoms with E-state index in [2.05, 4.69) is 16.0 Å². The maximum absolute atomic E-state index is 14.6. The van der Waals surface area contributed by atoms with Crippen molar-refractivity contribution in [3.63, 3.8) is 0 Å². The van der Waals surface area contributed by atoms with E-state index in [1.807, 2.05) is 61.8 Å². The Bertz CT molecular complexity index is 1920. The average Bonchev–Trinajstić information content (AvgIpc) is 3.89. The summed E-state index contributed by atoms with van der Waals surface area (Å²) >= 11 is 0. The number of benzene rings is 2. The van der Waals surface area contributed by atoms with Gasteiger partial charge in [-0.15, -0.1) is 0 Å². The Kier molecular flexibility index (Phi) is 9.69. The van der Waals surface area contributed by atoms with Crippen molar-refractivity contribution in [2.24, 2.45) is 5.92 Å². The van der Waals surface area contributed by atoms with Gasteiger partial charge in [-0.3, -0.25) is 19.0 Å². The minimum absolute atomic E-state index is 0.00574. The lowest BCUT2D eigenvalue weighted by molar-refractivity contribution is -0.140. The van der Waals surface area contributed by atoms with Crippen molar-refractivity contribution in [3.05, 3.63) is 66.0 Å². The van der Waals surface area contributed by atoms with Crippen LogP contribution in [0.15, 0.2) is 54.6 Å². The Balaban J connectivity index is 1.22. The summed E-state index contributed by atoms with van der Waals surface area (Å²) in [5.41, 5.74) is -1.40. The second kappa shape index (κ2) is 14.0. The molecular formula is C39H46F4N6O4. The fourth-order valence-electron chi connectivity index (χ4n) is 7.65. The number of hydrogen-bond donors (Lipinski definition) is 3. The third-order valence-corrected chi connectivity index (χ3v) is 11.0. The van der Waals surface area contributed by atoms with E-state index in [1.165, 1.54) is 11.0 Å². The Labute approximate surface area is 305 Å². The van der Waals surface area contributed by atoms with Gasteiger partial charge in [-0.1, -0.05) is 37.1 Å². The Morgan fingerprint density at radius 2 is 1.87 bits per heavy atom. The predicted octanol–water partition coefficient (Wildman–Crippen LogP) is 6.67. The number of anilines is 1. The normalized spacial score (nSPS) is 28.0. The molecule has 3 fully saturated rings. The van der Waals surface area contributed by atoms with E-state index in [9.17, 15) is 31.9 Å². The largest absolute Gasteiger partial charge is 0.459 e. The van der Waals surface area contributed by atoms with Gasteiger partial charge in [0.05, 0.1) is 23.1 Å². The molecule has 1 aromatic heterocycles. The summed E-state index contributed by atoms with van der Waals surface area (Å²) in [6, 6.07) is 8.39. The molecule has 3 heterocycles. The van der Waals surface area contributed by atoms with Gasteiger partial charge in [0.2, 0.25) is 17.7 Å². The monoisotopic (exact) mass is 738 g/mol. The summed E-state index contributed by atoms with van der Waals surface area (Å²) in [6.07, 6.45) is 3.71. The minimum Gasteiger partial charge on any atom is -0.459 e. The number of hydrogen-bond acceptors (Lipinski definition) is 6. The van der Waals surface area contributed by atoms with Crippen LogP contribution in [0.25, 0.3) is 11.0 Å². The average molecular weight is 739 g/mol. The van der Waals surface area contributed by atoms with Crippen molar-refractivity contribution >= 4 is 34.4 Å². The number of amides is 3. The zero-order valence-electron chi connectivity index (χ0n) is 30.1. The minimum atomic E-state index is -4.93. The van der Waals surface area contributed by atoms with Gasteiger partial charge in [0, 0.05) is 29.6 Å². The fraction of sp³-hybridized carbons (Fsp3) is 0.538. The van der Waals surface area contributed by atoms with Crippen LogP contribution in [0.3, 0.4) is 0 Å². The molecule has 5 atom stereocenters. The molecule has 53 heavy (non-hydrogen) atoms. The number of aromatic nitrogens is 2. The second-order valence-corrected chi connectivity index (χ2v) is 15.6. The number of fused-ring (bicyclic) bond motifs is 3. The predicted molar refractivity (Wildman–Crippen MR) is 190 cm³/mol. The summed E-state index contributed by atoms with van der Waals surface area (Å²) in [5, 5.41) is 9.12. The van der Waals surface area contributed by atoms with E-state index in [1.54, 1.807) is 0 Å². The first-order valence-corrected chi connectivity index (χ1v) is 18.6. The lowest BCUT2D eigenvalue weighted by Gasteiger charge is -2.30. The number of alkyl halides is 3. The highest BCUT2D eigenvalue weighted by Crippen LogP contribution is 2.47. The zero-order chi connectivity index (χ0) is 37.7. The van der Waals surface area contributed by atoms with Crippen molar-refractivity contribution in [3.8, 4) is 6.01 Å². The first-order valence-electron chi connectivity index (χ1n) is 18.6. The third kappa shape index (κ3) is 7.59. The molecule has 3 amide bonds. The van der Waals surface area contributed by atoms with Gasteiger partial charge in [0.15, 0.2) is 0 Å². The third-order valence-electron chi connectivity index (χ3n) is 11.0. The van der Waals surface area contributed by atoms with Gasteiger partial charge in [0.25, 0.3) is 6.01 Å².